The molecule has 1 aliphatic rings. The Hall–Kier alpha value is -0.0800. The number of rotatable bonds is 5. The van der Waals surface area contributed by atoms with Gasteiger partial charge in [-0.2, -0.15) is 0 Å². The molecular weight excluding hydrogens is 196 g/mol. The second-order valence-corrected chi connectivity index (χ2v) is 5.91. The van der Waals surface area contributed by atoms with Gasteiger partial charge >= 0.3 is 0 Å². The molecule has 0 aromatic rings. The van der Waals surface area contributed by atoms with E-state index in [-0.39, 0.29) is 0 Å². The fourth-order valence-corrected chi connectivity index (χ4v) is 2.93. The Morgan fingerprint density at radius 1 is 1.31 bits per heavy atom. The molecule has 96 valence electrons. The van der Waals surface area contributed by atoms with Crippen molar-refractivity contribution in [2.75, 3.05) is 13.1 Å². The highest BCUT2D eigenvalue weighted by Crippen LogP contribution is 2.26. The smallest absolute Gasteiger partial charge is 0.0167 e. The molecule has 1 saturated heterocycles. The minimum Gasteiger partial charge on any atom is -0.327 e. The summed E-state index contributed by atoms with van der Waals surface area (Å²) in [6.07, 6.45) is 5.09. The maximum absolute atomic E-state index is 6.20. The topological polar surface area (TPSA) is 29.3 Å². The first-order valence-electron chi connectivity index (χ1n) is 7.04. The van der Waals surface area contributed by atoms with Crippen LogP contribution in [0, 0.1) is 11.8 Å². The lowest BCUT2D eigenvalue weighted by atomic mass is 9.85. The van der Waals surface area contributed by atoms with Gasteiger partial charge in [0.15, 0.2) is 0 Å². The van der Waals surface area contributed by atoms with E-state index in [0.717, 1.165) is 18.4 Å². The van der Waals surface area contributed by atoms with Gasteiger partial charge in [0.1, 0.15) is 0 Å². The van der Waals surface area contributed by atoms with Gasteiger partial charge < -0.3 is 5.73 Å². The molecule has 0 amide bonds. The standard InChI is InChI=1S/C14H30N2/c1-5-6-7-14(15)10-16-9-11(2)8-12(3)13(16)4/h11-14H,5-10,15H2,1-4H3. The molecule has 2 heteroatoms. The molecule has 1 heterocycles. The summed E-state index contributed by atoms with van der Waals surface area (Å²) in [7, 11) is 0. The van der Waals surface area contributed by atoms with Gasteiger partial charge in [-0.15, -0.1) is 0 Å². The van der Waals surface area contributed by atoms with Crippen molar-refractivity contribution in [2.45, 2.75) is 65.5 Å². The fraction of sp³-hybridized carbons (Fsp3) is 1.00. The van der Waals surface area contributed by atoms with E-state index in [1.807, 2.05) is 0 Å². The van der Waals surface area contributed by atoms with E-state index in [1.54, 1.807) is 0 Å². The summed E-state index contributed by atoms with van der Waals surface area (Å²) in [5.74, 6) is 1.66. The number of unbranched alkanes of at least 4 members (excludes halogenated alkanes) is 1. The van der Waals surface area contributed by atoms with Crippen molar-refractivity contribution in [1.82, 2.24) is 4.90 Å². The van der Waals surface area contributed by atoms with Crippen LogP contribution in [-0.2, 0) is 0 Å². The molecule has 0 radical (unpaired) electrons. The Balaban J connectivity index is 2.39. The van der Waals surface area contributed by atoms with Crippen molar-refractivity contribution in [3.8, 4) is 0 Å². The summed E-state index contributed by atoms with van der Waals surface area (Å²) in [5, 5.41) is 0. The summed E-state index contributed by atoms with van der Waals surface area (Å²) >= 11 is 0. The molecule has 1 rings (SSSR count). The molecule has 0 bridgehead atoms. The highest BCUT2D eigenvalue weighted by atomic mass is 15.2. The number of likely N-dealkylation sites (tertiary alicyclic amines) is 1. The first-order valence-corrected chi connectivity index (χ1v) is 7.04. The van der Waals surface area contributed by atoms with Crippen molar-refractivity contribution in [1.29, 1.82) is 0 Å². The van der Waals surface area contributed by atoms with Crippen molar-refractivity contribution in [3.05, 3.63) is 0 Å². The van der Waals surface area contributed by atoms with Gasteiger partial charge in [0.05, 0.1) is 0 Å². The average Bonchev–Trinajstić information content (AvgIpc) is 2.22. The van der Waals surface area contributed by atoms with E-state index in [9.17, 15) is 0 Å². The lowest BCUT2D eigenvalue weighted by molar-refractivity contribution is 0.0732. The molecule has 1 fully saturated rings. The fourth-order valence-electron chi connectivity index (χ4n) is 2.93. The zero-order chi connectivity index (χ0) is 12.1. The van der Waals surface area contributed by atoms with Gasteiger partial charge in [-0.25, -0.2) is 0 Å². The Bertz CT molecular complexity index is 193. The zero-order valence-electron chi connectivity index (χ0n) is 11.6. The van der Waals surface area contributed by atoms with Gasteiger partial charge in [0, 0.05) is 25.2 Å². The molecule has 4 unspecified atom stereocenters. The molecule has 2 nitrogen and oxygen atoms in total. The van der Waals surface area contributed by atoms with Crippen molar-refractivity contribution < 1.29 is 0 Å². The van der Waals surface area contributed by atoms with Crippen LogP contribution in [0.3, 0.4) is 0 Å². The lowest BCUT2D eigenvalue weighted by Crippen LogP contribution is -2.50. The Labute approximate surface area is 102 Å². The molecule has 1 aliphatic heterocycles. The molecule has 0 saturated carbocycles. The van der Waals surface area contributed by atoms with E-state index in [0.29, 0.717) is 12.1 Å². The second-order valence-electron chi connectivity index (χ2n) is 5.91. The van der Waals surface area contributed by atoms with E-state index in [1.165, 1.54) is 32.2 Å². The summed E-state index contributed by atoms with van der Waals surface area (Å²) in [5.41, 5.74) is 6.20. The first kappa shape index (κ1) is 14.0. The summed E-state index contributed by atoms with van der Waals surface area (Å²) in [4.78, 5) is 2.61. The van der Waals surface area contributed by atoms with Crippen molar-refractivity contribution in [2.24, 2.45) is 17.6 Å². The van der Waals surface area contributed by atoms with Crippen LogP contribution in [0.2, 0.25) is 0 Å². The Morgan fingerprint density at radius 3 is 2.62 bits per heavy atom. The molecule has 4 atom stereocenters. The monoisotopic (exact) mass is 226 g/mol. The molecule has 0 aliphatic carbocycles. The lowest BCUT2D eigenvalue weighted by Gasteiger charge is -2.42. The average molecular weight is 226 g/mol. The number of nitrogens with zero attached hydrogens (tertiary/aromatic N) is 1. The van der Waals surface area contributed by atoms with E-state index >= 15 is 0 Å². The SMILES string of the molecule is CCCCC(N)CN1CC(C)CC(C)C1C. The van der Waals surface area contributed by atoms with Gasteiger partial charge in [-0.1, -0.05) is 33.6 Å². The third-order valence-electron chi connectivity index (χ3n) is 4.12. The van der Waals surface area contributed by atoms with Crippen LogP contribution >= 0.6 is 0 Å². The molecule has 0 spiro atoms. The quantitative estimate of drug-likeness (QED) is 0.781. The van der Waals surface area contributed by atoms with Crippen LogP contribution < -0.4 is 5.73 Å². The number of piperidine rings is 1. The van der Waals surface area contributed by atoms with Gasteiger partial charge in [-0.05, 0) is 31.6 Å². The Kier molecular flexibility index (Phi) is 5.77. The van der Waals surface area contributed by atoms with Gasteiger partial charge in [-0.3, -0.25) is 4.90 Å². The molecule has 2 N–H and O–H groups in total. The van der Waals surface area contributed by atoms with Gasteiger partial charge in [0.25, 0.3) is 0 Å². The van der Waals surface area contributed by atoms with E-state index < -0.39 is 0 Å². The highest BCUT2D eigenvalue weighted by molar-refractivity contribution is 4.83. The predicted molar refractivity (Wildman–Crippen MR) is 71.5 cm³/mol. The largest absolute Gasteiger partial charge is 0.327 e. The number of hydrogen-bond donors (Lipinski definition) is 1. The number of nitrogens with two attached hydrogens (primary N) is 1. The van der Waals surface area contributed by atoms with Gasteiger partial charge in [0.2, 0.25) is 0 Å². The second kappa shape index (κ2) is 6.61. The highest BCUT2D eigenvalue weighted by Gasteiger charge is 2.29. The summed E-state index contributed by atoms with van der Waals surface area (Å²) in [6, 6.07) is 1.09. The molecular formula is C14H30N2. The third kappa shape index (κ3) is 4.06. The maximum atomic E-state index is 6.20. The summed E-state index contributed by atoms with van der Waals surface area (Å²) < 4.78 is 0. The van der Waals surface area contributed by atoms with Crippen LogP contribution in [0.25, 0.3) is 0 Å². The molecule has 0 aromatic carbocycles. The van der Waals surface area contributed by atoms with E-state index in [4.69, 9.17) is 5.73 Å². The summed E-state index contributed by atoms with van der Waals surface area (Å²) in [6.45, 7) is 11.7. The normalized spacial score (nSPS) is 33.9. The third-order valence-corrected chi connectivity index (χ3v) is 4.12. The van der Waals surface area contributed by atoms with Crippen LogP contribution in [0.5, 0.6) is 0 Å². The molecule has 16 heavy (non-hydrogen) atoms. The maximum Gasteiger partial charge on any atom is 0.0167 e. The zero-order valence-corrected chi connectivity index (χ0v) is 11.6. The van der Waals surface area contributed by atoms with Crippen LogP contribution in [0.4, 0.5) is 0 Å². The van der Waals surface area contributed by atoms with Crippen LogP contribution in [0.1, 0.15) is 53.4 Å². The van der Waals surface area contributed by atoms with Crippen molar-refractivity contribution in [3.63, 3.8) is 0 Å². The van der Waals surface area contributed by atoms with Crippen LogP contribution in [-0.4, -0.2) is 30.1 Å². The predicted octanol–water partition coefficient (Wildman–Crippen LogP) is 2.87. The molecule has 0 aromatic heterocycles. The first-order chi connectivity index (χ1) is 7.54. The van der Waals surface area contributed by atoms with Crippen molar-refractivity contribution >= 4 is 0 Å². The minimum absolute atomic E-state index is 0.375. The number of hydrogen-bond acceptors (Lipinski definition) is 2. The Morgan fingerprint density at radius 2 is 2.00 bits per heavy atom. The van der Waals surface area contributed by atoms with Crippen LogP contribution in [0.15, 0.2) is 0 Å². The van der Waals surface area contributed by atoms with E-state index in [2.05, 4.69) is 32.6 Å². The minimum atomic E-state index is 0.375.